The van der Waals surface area contributed by atoms with E-state index in [0.717, 1.165) is 14.0 Å². The van der Waals surface area contributed by atoms with Gasteiger partial charge in [0.15, 0.2) is 11.5 Å². The van der Waals surface area contributed by atoms with Gasteiger partial charge in [0.1, 0.15) is 16.7 Å². The van der Waals surface area contributed by atoms with Crippen LogP contribution in [0.15, 0.2) is 132 Å². The van der Waals surface area contributed by atoms with E-state index >= 15 is 0 Å². The second-order valence-electron chi connectivity index (χ2n) is 10.7. The standard InChI is InChI=1S/C39H34IN3O6S/c1-47-33-24-35(49-3)34(48-2)22-27(33)21-32(43-37(44)26-13-8-5-9-14-26)38(45)42-30-15-10-16-31(23-30)50-36(25-11-6-4-7-12-25)39(46)41-29-19-17-28(40)18-20-29/h4-24,36H,1-3H3,(H,41,46)(H,42,45)(H,43,44)/b32-21+. The third kappa shape index (κ3) is 9.45. The highest BCUT2D eigenvalue weighted by atomic mass is 127. The molecule has 0 radical (unpaired) electrons. The van der Waals surface area contributed by atoms with Crippen molar-refractivity contribution in [2.24, 2.45) is 0 Å². The molecule has 0 saturated carbocycles. The molecule has 3 amide bonds. The fourth-order valence-electron chi connectivity index (χ4n) is 4.89. The van der Waals surface area contributed by atoms with Crippen molar-refractivity contribution in [2.45, 2.75) is 10.1 Å². The van der Waals surface area contributed by atoms with Crippen LogP contribution < -0.4 is 30.2 Å². The molecule has 3 N–H and O–H groups in total. The van der Waals surface area contributed by atoms with E-state index in [1.807, 2.05) is 60.7 Å². The summed E-state index contributed by atoms with van der Waals surface area (Å²) in [7, 11) is 4.51. The average Bonchev–Trinajstić information content (AvgIpc) is 3.15. The number of benzene rings is 5. The number of ether oxygens (including phenoxy) is 3. The lowest BCUT2D eigenvalue weighted by molar-refractivity contribution is -0.116. The third-order valence-electron chi connectivity index (χ3n) is 7.36. The van der Waals surface area contributed by atoms with Gasteiger partial charge in [-0.3, -0.25) is 14.4 Å². The Bertz CT molecular complexity index is 1990. The van der Waals surface area contributed by atoms with Crippen LogP contribution in [0.3, 0.4) is 0 Å². The fraction of sp³-hybridized carbons (Fsp3) is 0.103. The van der Waals surface area contributed by atoms with Gasteiger partial charge in [0, 0.05) is 37.0 Å². The number of rotatable bonds is 13. The minimum Gasteiger partial charge on any atom is -0.496 e. The molecule has 5 rings (SSSR count). The van der Waals surface area contributed by atoms with E-state index in [1.165, 1.54) is 39.2 Å². The molecule has 50 heavy (non-hydrogen) atoms. The Hall–Kier alpha value is -5.27. The number of hydrogen-bond donors (Lipinski definition) is 3. The van der Waals surface area contributed by atoms with Crippen LogP contribution in [0.25, 0.3) is 6.08 Å². The number of halogens is 1. The van der Waals surface area contributed by atoms with Crippen LogP contribution in [0, 0.1) is 3.57 Å². The first-order chi connectivity index (χ1) is 24.3. The monoisotopic (exact) mass is 799 g/mol. The van der Waals surface area contributed by atoms with Crippen molar-refractivity contribution in [3.63, 3.8) is 0 Å². The maximum absolute atomic E-state index is 13.9. The number of amides is 3. The number of carbonyl (C=O) groups excluding carboxylic acids is 3. The molecule has 0 aliphatic rings. The lowest BCUT2D eigenvalue weighted by Crippen LogP contribution is -2.30. The lowest BCUT2D eigenvalue weighted by atomic mass is 10.1. The van der Waals surface area contributed by atoms with E-state index in [0.29, 0.717) is 39.8 Å². The van der Waals surface area contributed by atoms with Crippen molar-refractivity contribution in [3.8, 4) is 17.2 Å². The maximum atomic E-state index is 13.9. The predicted octanol–water partition coefficient (Wildman–Crippen LogP) is 8.20. The van der Waals surface area contributed by atoms with Crippen LogP contribution in [0.5, 0.6) is 17.2 Å². The molecule has 0 aliphatic heterocycles. The molecule has 5 aromatic carbocycles. The summed E-state index contributed by atoms with van der Waals surface area (Å²) >= 11 is 3.57. The van der Waals surface area contributed by atoms with E-state index < -0.39 is 17.1 Å². The molecule has 0 aromatic heterocycles. The van der Waals surface area contributed by atoms with Crippen LogP contribution in [0.4, 0.5) is 11.4 Å². The molecule has 254 valence electrons. The third-order valence-corrected chi connectivity index (χ3v) is 9.33. The van der Waals surface area contributed by atoms with Crippen molar-refractivity contribution in [2.75, 3.05) is 32.0 Å². The minimum absolute atomic E-state index is 0.0403. The molecule has 0 heterocycles. The lowest BCUT2D eigenvalue weighted by Gasteiger charge is -2.18. The fourth-order valence-corrected chi connectivity index (χ4v) is 6.33. The van der Waals surface area contributed by atoms with Gasteiger partial charge in [-0.05, 0) is 94.9 Å². The predicted molar refractivity (Wildman–Crippen MR) is 206 cm³/mol. The number of anilines is 2. The quantitative estimate of drug-likeness (QED) is 0.0625. The zero-order chi connectivity index (χ0) is 35.5. The molecule has 0 fully saturated rings. The molecular formula is C39H34IN3O6S. The van der Waals surface area contributed by atoms with Crippen molar-refractivity contribution < 1.29 is 28.6 Å². The Morgan fingerprint density at radius 3 is 1.98 bits per heavy atom. The molecule has 0 saturated heterocycles. The molecule has 9 nitrogen and oxygen atoms in total. The molecule has 5 aromatic rings. The van der Waals surface area contributed by atoms with Crippen LogP contribution in [0.2, 0.25) is 0 Å². The molecule has 0 spiro atoms. The topological polar surface area (TPSA) is 115 Å². The van der Waals surface area contributed by atoms with Gasteiger partial charge in [-0.1, -0.05) is 54.6 Å². The normalized spacial score (nSPS) is 11.6. The summed E-state index contributed by atoms with van der Waals surface area (Å²) in [5.41, 5.74) is 2.79. The largest absolute Gasteiger partial charge is 0.496 e. The van der Waals surface area contributed by atoms with Crippen molar-refractivity contribution in [1.82, 2.24) is 5.32 Å². The van der Waals surface area contributed by atoms with Crippen molar-refractivity contribution >= 4 is 69.5 Å². The Morgan fingerprint density at radius 1 is 0.680 bits per heavy atom. The van der Waals surface area contributed by atoms with E-state index in [4.69, 9.17) is 14.2 Å². The highest BCUT2D eigenvalue weighted by molar-refractivity contribution is 14.1. The molecule has 11 heteroatoms. The van der Waals surface area contributed by atoms with Crippen LogP contribution in [0.1, 0.15) is 26.7 Å². The van der Waals surface area contributed by atoms with Crippen molar-refractivity contribution in [1.29, 1.82) is 0 Å². The SMILES string of the molecule is COc1cc(OC)c(OC)cc1/C=C(/NC(=O)c1ccccc1)C(=O)Nc1cccc(SC(C(=O)Nc2ccc(I)cc2)c2ccccc2)c1. The summed E-state index contributed by atoms with van der Waals surface area (Å²) in [6, 6.07) is 36.1. The van der Waals surface area contributed by atoms with Gasteiger partial charge in [0.25, 0.3) is 11.8 Å². The summed E-state index contributed by atoms with van der Waals surface area (Å²) in [6.45, 7) is 0. The van der Waals surface area contributed by atoms with E-state index in [1.54, 1.807) is 60.7 Å². The second-order valence-corrected chi connectivity index (χ2v) is 13.1. The first kappa shape index (κ1) is 36.0. The summed E-state index contributed by atoms with van der Waals surface area (Å²) in [6.07, 6.45) is 1.51. The molecule has 1 atom stereocenters. The zero-order valence-electron chi connectivity index (χ0n) is 27.4. The van der Waals surface area contributed by atoms with Crippen molar-refractivity contribution in [3.05, 3.63) is 147 Å². The van der Waals surface area contributed by atoms with Gasteiger partial charge in [-0.25, -0.2) is 0 Å². The number of carbonyl (C=O) groups is 3. The van der Waals surface area contributed by atoms with E-state index in [9.17, 15) is 14.4 Å². The van der Waals surface area contributed by atoms with Gasteiger partial charge in [-0.2, -0.15) is 0 Å². The Balaban J connectivity index is 1.43. The summed E-state index contributed by atoms with van der Waals surface area (Å²) < 4.78 is 17.5. The van der Waals surface area contributed by atoms with Gasteiger partial charge < -0.3 is 30.2 Å². The van der Waals surface area contributed by atoms with E-state index in [2.05, 4.69) is 38.5 Å². The average molecular weight is 800 g/mol. The van der Waals surface area contributed by atoms with E-state index in [-0.39, 0.29) is 11.6 Å². The summed E-state index contributed by atoms with van der Waals surface area (Å²) in [5, 5.41) is 8.09. The van der Waals surface area contributed by atoms with Crippen LogP contribution in [-0.4, -0.2) is 39.1 Å². The summed E-state index contributed by atoms with van der Waals surface area (Å²) in [5.74, 6) is 0.0175. The number of thioether (sulfide) groups is 1. The molecule has 1 unspecified atom stereocenters. The molecular weight excluding hydrogens is 765 g/mol. The highest BCUT2D eigenvalue weighted by Gasteiger charge is 2.23. The number of hydrogen-bond acceptors (Lipinski definition) is 7. The first-order valence-electron chi connectivity index (χ1n) is 15.4. The van der Waals surface area contributed by atoms with Gasteiger partial charge >= 0.3 is 0 Å². The second kappa shape index (κ2) is 17.4. The Kier molecular flexibility index (Phi) is 12.5. The van der Waals surface area contributed by atoms with Crippen LogP contribution >= 0.6 is 34.4 Å². The van der Waals surface area contributed by atoms with Gasteiger partial charge in [-0.15, -0.1) is 11.8 Å². The van der Waals surface area contributed by atoms with Crippen LogP contribution in [-0.2, 0) is 9.59 Å². The molecule has 0 aliphatic carbocycles. The number of methoxy groups -OCH3 is 3. The smallest absolute Gasteiger partial charge is 0.272 e. The van der Waals surface area contributed by atoms with Gasteiger partial charge in [0.05, 0.1) is 21.3 Å². The summed E-state index contributed by atoms with van der Waals surface area (Å²) in [4.78, 5) is 41.5. The highest BCUT2D eigenvalue weighted by Crippen LogP contribution is 2.38. The molecule has 0 bridgehead atoms. The Morgan fingerprint density at radius 2 is 1.32 bits per heavy atom. The zero-order valence-corrected chi connectivity index (χ0v) is 30.4. The van der Waals surface area contributed by atoms with Gasteiger partial charge in [0.2, 0.25) is 5.91 Å². The Labute approximate surface area is 308 Å². The minimum atomic E-state index is -0.584. The maximum Gasteiger partial charge on any atom is 0.272 e. The number of nitrogens with one attached hydrogen (secondary N) is 3. The first-order valence-corrected chi connectivity index (χ1v) is 17.3.